The number of halogens is 1. The van der Waals surface area contributed by atoms with Crippen LogP contribution in [0.4, 0.5) is 5.69 Å². The van der Waals surface area contributed by atoms with E-state index in [2.05, 4.69) is 4.98 Å². The molecule has 4 nitrogen and oxygen atoms in total. The molecule has 0 spiro atoms. The fourth-order valence-corrected chi connectivity index (χ4v) is 3.21. The number of nitrogens with zero attached hydrogens (tertiary/aromatic N) is 2. The van der Waals surface area contributed by atoms with Crippen molar-refractivity contribution < 1.29 is 9.59 Å². The summed E-state index contributed by atoms with van der Waals surface area (Å²) in [5.41, 5.74) is 3.79. The lowest BCUT2D eigenvalue weighted by Gasteiger charge is -2.16. The van der Waals surface area contributed by atoms with Gasteiger partial charge in [0, 0.05) is 22.9 Å². The van der Waals surface area contributed by atoms with Crippen LogP contribution in [0.3, 0.4) is 0 Å². The van der Waals surface area contributed by atoms with Crippen LogP contribution in [-0.2, 0) is 11.2 Å². The van der Waals surface area contributed by atoms with Crippen LogP contribution in [0, 0.1) is 6.92 Å². The number of carbonyl (C=O) groups excluding carboxylic acids is 2. The van der Waals surface area contributed by atoms with Gasteiger partial charge in [-0.15, -0.1) is 11.3 Å². The number of aryl methyl sites for hydroxylation is 1. The zero-order valence-electron chi connectivity index (χ0n) is 10.7. The lowest BCUT2D eigenvalue weighted by molar-refractivity contribution is -0.114. The molecule has 0 saturated heterocycles. The molecule has 0 saturated carbocycles. The van der Waals surface area contributed by atoms with Gasteiger partial charge in [-0.3, -0.25) is 9.59 Å². The highest BCUT2D eigenvalue weighted by molar-refractivity contribution is 7.09. The van der Waals surface area contributed by atoms with Gasteiger partial charge in [0.25, 0.3) is 11.7 Å². The summed E-state index contributed by atoms with van der Waals surface area (Å²) < 4.78 is 0. The zero-order valence-corrected chi connectivity index (χ0v) is 12.3. The molecule has 1 amide bonds. The molecule has 0 fully saturated rings. The second kappa shape index (κ2) is 5.00. The molecule has 0 unspecified atom stereocenters. The molecule has 1 aromatic heterocycles. The number of thiazole rings is 1. The molecule has 0 aliphatic carbocycles. The summed E-state index contributed by atoms with van der Waals surface area (Å²) in [7, 11) is 0. The number of amides is 1. The molecule has 6 heteroatoms. The molecular formula is C14H11ClN2O2S. The Kier molecular flexibility index (Phi) is 3.31. The number of hydrogen-bond acceptors (Lipinski definition) is 4. The van der Waals surface area contributed by atoms with Crippen LogP contribution >= 0.6 is 22.9 Å². The van der Waals surface area contributed by atoms with Gasteiger partial charge in [0.15, 0.2) is 0 Å². The summed E-state index contributed by atoms with van der Waals surface area (Å²) in [6.45, 7) is 2.40. The van der Waals surface area contributed by atoms with Gasteiger partial charge in [0.1, 0.15) is 0 Å². The lowest BCUT2D eigenvalue weighted by Crippen LogP contribution is -2.31. The Morgan fingerprint density at radius 1 is 1.35 bits per heavy atom. The average molecular weight is 307 g/mol. The van der Waals surface area contributed by atoms with Gasteiger partial charge in [-0.2, -0.15) is 0 Å². The molecule has 0 N–H and O–H groups in total. The van der Waals surface area contributed by atoms with E-state index in [1.807, 2.05) is 6.92 Å². The first-order chi connectivity index (χ1) is 9.58. The fraction of sp³-hybridized carbons (Fsp3) is 0.214. The van der Waals surface area contributed by atoms with Crippen molar-refractivity contribution in [3.8, 4) is 0 Å². The minimum absolute atomic E-state index is 0.431. The van der Waals surface area contributed by atoms with Crippen molar-refractivity contribution in [3.63, 3.8) is 0 Å². The third kappa shape index (κ3) is 2.13. The molecule has 2 heterocycles. The first-order valence-corrected chi connectivity index (χ1v) is 7.38. The van der Waals surface area contributed by atoms with E-state index in [0.717, 1.165) is 10.6 Å². The van der Waals surface area contributed by atoms with Gasteiger partial charge in [-0.25, -0.2) is 4.98 Å². The number of Topliss-reactive ketones (excluding diaryl/α,β-unsaturated/α-hetero) is 1. The van der Waals surface area contributed by atoms with E-state index >= 15 is 0 Å². The highest BCUT2D eigenvalue weighted by Gasteiger charge is 2.35. The number of anilines is 1. The van der Waals surface area contributed by atoms with Crippen molar-refractivity contribution in [2.45, 2.75) is 13.3 Å². The third-order valence-corrected chi connectivity index (χ3v) is 4.57. The fourth-order valence-electron chi connectivity index (χ4n) is 2.27. The summed E-state index contributed by atoms with van der Waals surface area (Å²) in [5.74, 6) is -0.942. The monoisotopic (exact) mass is 306 g/mol. The Hall–Kier alpha value is -1.72. The minimum atomic E-state index is -0.482. The standard InChI is InChI=1S/C14H11ClN2O2S/c1-8-12(20-7-16-8)4-5-17-11-6-9(15)2-3-10(11)13(18)14(17)19/h2-3,6-7H,4-5H2,1H3. The van der Waals surface area contributed by atoms with Gasteiger partial charge in [-0.05, 0) is 25.1 Å². The van der Waals surface area contributed by atoms with Crippen molar-refractivity contribution in [1.82, 2.24) is 4.98 Å². The van der Waals surface area contributed by atoms with E-state index in [1.54, 1.807) is 35.0 Å². The third-order valence-electron chi connectivity index (χ3n) is 3.34. The first kappa shape index (κ1) is 13.3. The van der Waals surface area contributed by atoms with Gasteiger partial charge < -0.3 is 4.90 Å². The van der Waals surface area contributed by atoms with Crippen LogP contribution in [0.2, 0.25) is 5.02 Å². The maximum Gasteiger partial charge on any atom is 0.299 e. The highest BCUT2D eigenvalue weighted by atomic mass is 35.5. The molecule has 20 heavy (non-hydrogen) atoms. The average Bonchev–Trinajstić information content (AvgIpc) is 2.92. The predicted molar refractivity (Wildman–Crippen MR) is 78.7 cm³/mol. The van der Waals surface area contributed by atoms with E-state index in [1.165, 1.54) is 4.90 Å². The van der Waals surface area contributed by atoms with E-state index in [-0.39, 0.29) is 0 Å². The van der Waals surface area contributed by atoms with Crippen molar-refractivity contribution in [2.75, 3.05) is 11.4 Å². The summed E-state index contributed by atoms with van der Waals surface area (Å²) in [4.78, 5) is 30.8. The smallest absolute Gasteiger partial charge is 0.299 e. The number of carbonyl (C=O) groups is 2. The number of ketones is 1. The number of fused-ring (bicyclic) bond motifs is 1. The van der Waals surface area contributed by atoms with E-state index in [0.29, 0.717) is 29.2 Å². The number of rotatable bonds is 3. The molecule has 0 atom stereocenters. The van der Waals surface area contributed by atoms with Gasteiger partial charge in [0.05, 0.1) is 22.5 Å². The van der Waals surface area contributed by atoms with Crippen molar-refractivity contribution >= 4 is 40.3 Å². The second-order valence-electron chi connectivity index (χ2n) is 4.56. The molecule has 2 aromatic rings. The summed E-state index contributed by atoms with van der Waals surface area (Å²) in [6.07, 6.45) is 0.682. The van der Waals surface area contributed by atoms with Crippen LogP contribution in [0.1, 0.15) is 20.9 Å². The van der Waals surface area contributed by atoms with Crippen LogP contribution in [0.5, 0.6) is 0 Å². The summed E-state index contributed by atoms with van der Waals surface area (Å²) >= 11 is 7.51. The molecule has 102 valence electrons. The Balaban J connectivity index is 1.87. The van der Waals surface area contributed by atoms with Crippen molar-refractivity contribution in [1.29, 1.82) is 0 Å². The summed E-state index contributed by atoms with van der Waals surface area (Å²) in [6, 6.07) is 4.90. The van der Waals surface area contributed by atoms with E-state index < -0.39 is 11.7 Å². The topological polar surface area (TPSA) is 50.3 Å². The first-order valence-electron chi connectivity index (χ1n) is 6.12. The predicted octanol–water partition coefficient (Wildman–Crippen LogP) is 2.88. The lowest BCUT2D eigenvalue weighted by atomic mass is 10.1. The number of hydrogen-bond donors (Lipinski definition) is 0. The minimum Gasteiger partial charge on any atom is -0.304 e. The Morgan fingerprint density at radius 2 is 2.15 bits per heavy atom. The number of aromatic nitrogens is 1. The maximum atomic E-state index is 12.0. The zero-order chi connectivity index (χ0) is 14.3. The molecule has 1 aliphatic rings. The normalized spacial score (nSPS) is 14.0. The molecule has 1 aromatic carbocycles. The van der Waals surface area contributed by atoms with Crippen LogP contribution < -0.4 is 4.90 Å². The van der Waals surface area contributed by atoms with Gasteiger partial charge >= 0.3 is 0 Å². The molecular weight excluding hydrogens is 296 g/mol. The molecule has 0 radical (unpaired) electrons. The van der Waals surface area contributed by atoms with Crippen molar-refractivity contribution in [3.05, 3.63) is 44.9 Å². The van der Waals surface area contributed by atoms with E-state index in [4.69, 9.17) is 11.6 Å². The Morgan fingerprint density at radius 3 is 2.85 bits per heavy atom. The summed E-state index contributed by atoms with van der Waals surface area (Å²) in [5, 5.41) is 0.519. The highest BCUT2D eigenvalue weighted by Crippen LogP contribution is 2.31. The van der Waals surface area contributed by atoms with Crippen LogP contribution in [-0.4, -0.2) is 23.2 Å². The van der Waals surface area contributed by atoms with Gasteiger partial charge in [0.2, 0.25) is 0 Å². The van der Waals surface area contributed by atoms with Crippen LogP contribution in [0.25, 0.3) is 0 Å². The SMILES string of the molecule is Cc1ncsc1CCN1C(=O)C(=O)c2ccc(Cl)cc21. The molecule has 3 rings (SSSR count). The second-order valence-corrected chi connectivity index (χ2v) is 5.93. The number of benzene rings is 1. The Bertz CT molecular complexity index is 711. The van der Waals surface area contributed by atoms with E-state index in [9.17, 15) is 9.59 Å². The quantitative estimate of drug-likeness (QED) is 0.819. The largest absolute Gasteiger partial charge is 0.304 e. The van der Waals surface area contributed by atoms with Crippen LogP contribution in [0.15, 0.2) is 23.7 Å². The molecule has 1 aliphatic heterocycles. The van der Waals surface area contributed by atoms with Gasteiger partial charge in [-0.1, -0.05) is 11.6 Å². The maximum absolute atomic E-state index is 12.0. The Labute approximate surface area is 125 Å². The molecule has 0 bridgehead atoms. The van der Waals surface area contributed by atoms with Crippen molar-refractivity contribution in [2.24, 2.45) is 0 Å².